The monoisotopic (exact) mass is 209 g/mol. The van der Waals surface area contributed by atoms with E-state index < -0.39 is 26.6 Å². The molecule has 3 N–H and O–H groups in total. The number of hydrogen-bond acceptors (Lipinski definition) is 4. The van der Waals surface area contributed by atoms with Crippen LogP contribution in [-0.2, 0) is 14.6 Å². The quantitative estimate of drug-likeness (QED) is 0.669. The summed E-state index contributed by atoms with van der Waals surface area (Å²) in [7, 11) is -3.80. The highest BCUT2D eigenvalue weighted by molar-refractivity contribution is 7.92. The molecule has 78 valence electrons. The molecule has 0 radical (unpaired) electrons. The topological polar surface area (TPSA) is 97.5 Å². The molecular formula is C7H15NO4S. The van der Waals surface area contributed by atoms with Crippen LogP contribution in [0.4, 0.5) is 0 Å². The molecule has 2 atom stereocenters. The first-order valence-electron chi connectivity index (χ1n) is 3.89. The van der Waals surface area contributed by atoms with Gasteiger partial charge in [-0.2, -0.15) is 0 Å². The van der Waals surface area contributed by atoms with Crippen LogP contribution in [0.5, 0.6) is 0 Å². The zero-order valence-electron chi connectivity index (χ0n) is 7.94. The van der Waals surface area contributed by atoms with Crippen LogP contribution in [0.25, 0.3) is 0 Å². The predicted octanol–water partition coefficient (Wildman–Crippen LogP) is -0.183. The van der Waals surface area contributed by atoms with Gasteiger partial charge >= 0.3 is 5.97 Å². The van der Waals surface area contributed by atoms with Crippen LogP contribution in [0.15, 0.2) is 0 Å². The van der Waals surface area contributed by atoms with Gasteiger partial charge in [0.15, 0.2) is 9.84 Å². The summed E-state index contributed by atoms with van der Waals surface area (Å²) >= 11 is 0. The van der Waals surface area contributed by atoms with Crippen LogP contribution in [0.3, 0.4) is 0 Å². The lowest BCUT2D eigenvalue weighted by molar-refractivity contribution is -0.141. The van der Waals surface area contributed by atoms with E-state index in [-0.39, 0.29) is 0 Å². The summed E-state index contributed by atoms with van der Waals surface area (Å²) in [4.78, 5) is 8.60. The fraction of sp³-hybridized carbons (Fsp3) is 0.857. The van der Waals surface area contributed by atoms with Crippen LogP contribution in [0.2, 0.25) is 0 Å². The fourth-order valence-electron chi connectivity index (χ4n) is 1.04. The number of carboxylic acids is 1. The Bertz CT molecular complexity index is 298. The Kier molecular flexibility index (Phi) is 3.46. The van der Waals surface area contributed by atoms with E-state index in [9.17, 15) is 13.2 Å². The molecule has 0 saturated carbocycles. The fourth-order valence-corrected chi connectivity index (χ4v) is 2.25. The predicted molar refractivity (Wildman–Crippen MR) is 48.9 cm³/mol. The third-order valence-corrected chi connectivity index (χ3v) is 4.10. The van der Waals surface area contributed by atoms with Crippen molar-refractivity contribution in [3.63, 3.8) is 0 Å². The van der Waals surface area contributed by atoms with E-state index in [4.69, 9.17) is 10.8 Å². The normalized spacial score (nSPS) is 19.1. The van der Waals surface area contributed by atoms with Crippen molar-refractivity contribution in [1.29, 1.82) is 0 Å². The van der Waals surface area contributed by atoms with Gasteiger partial charge < -0.3 is 10.8 Å². The molecule has 0 bridgehead atoms. The smallest absolute Gasteiger partial charge is 0.339 e. The molecule has 5 nitrogen and oxygen atoms in total. The van der Waals surface area contributed by atoms with Gasteiger partial charge in [0.25, 0.3) is 0 Å². The first kappa shape index (κ1) is 12.4. The van der Waals surface area contributed by atoms with Gasteiger partial charge in [-0.3, -0.25) is 0 Å². The Morgan fingerprint density at radius 1 is 1.62 bits per heavy atom. The Morgan fingerprint density at radius 2 is 2.00 bits per heavy atom. The maximum Gasteiger partial charge on any atom is 0.339 e. The maximum absolute atomic E-state index is 11.2. The van der Waals surface area contributed by atoms with E-state index in [1.807, 2.05) is 0 Å². The second-order valence-electron chi connectivity index (χ2n) is 3.18. The van der Waals surface area contributed by atoms with Crippen molar-refractivity contribution in [2.45, 2.75) is 25.1 Å². The van der Waals surface area contributed by atoms with Gasteiger partial charge in [0.1, 0.15) is 0 Å². The Labute approximate surface area is 77.8 Å². The Balaban J connectivity index is 5.34. The van der Waals surface area contributed by atoms with E-state index in [0.717, 1.165) is 6.26 Å². The molecule has 0 spiro atoms. The summed E-state index contributed by atoms with van der Waals surface area (Å²) in [6, 6.07) is 0. The minimum Gasteiger partial charge on any atom is -0.479 e. The van der Waals surface area contributed by atoms with E-state index in [1.165, 1.54) is 6.92 Å². The molecule has 0 amide bonds. The highest BCUT2D eigenvalue weighted by Crippen LogP contribution is 2.23. The van der Waals surface area contributed by atoms with Gasteiger partial charge in [0.05, 0.1) is 0 Å². The molecule has 2 unspecified atom stereocenters. The molecule has 0 aromatic heterocycles. The van der Waals surface area contributed by atoms with Crippen molar-refractivity contribution in [3.8, 4) is 0 Å². The lowest BCUT2D eigenvalue weighted by atomic mass is 9.99. The first-order chi connectivity index (χ1) is 5.67. The molecule has 0 aromatic rings. The summed E-state index contributed by atoms with van der Waals surface area (Å²) in [5.74, 6) is -2.11. The van der Waals surface area contributed by atoms with Crippen LogP contribution >= 0.6 is 0 Å². The van der Waals surface area contributed by atoms with Gasteiger partial charge in [-0.25, -0.2) is 13.2 Å². The standard InChI is InChI=1S/C7H15NO4S/c1-4-5(2)7(8,6(9)10)13(3,11)12/h5H,4,8H2,1-3H3,(H,9,10). The molecular weight excluding hydrogens is 194 g/mol. The third-order valence-electron chi connectivity index (χ3n) is 2.29. The zero-order valence-corrected chi connectivity index (χ0v) is 8.76. The summed E-state index contributed by atoms with van der Waals surface area (Å²) in [6.45, 7) is 3.20. The molecule has 0 fully saturated rings. The Hall–Kier alpha value is -0.620. The number of aliphatic carboxylic acids is 1. The van der Waals surface area contributed by atoms with Gasteiger partial charge in [-0.1, -0.05) is 20.3 Å². The lowest BCUT2D eigenvalue weighted by Crippen LogP contribution is -2.58. The Morgan fingerprint density at radius 3 is 2.08 bits per heavy atom. The second-order valence-corrected chi connectivity index (χ2v) is 5.40. The third kappa shape index (κ3) is 2.00. The van der Waals surface area contributed by atoms with E-state index >= 15 is 0 Å². The summed E-state index contributed by atoms with van der Waals surface area (Å²) < 4.78 is 22.4. The summed E-state index contributed by atoms with van der Waals surface area (Å²) in [5, 5.41) is 8.77. The number of nitrogens with two attached hydrogens (primary N) is 1. The SMILES string of the molecule is CCC(C)C(N)(C(=O)O)S(C)(=O)=O. The maximum atomic E-state index is 11.2. The largest absolute Gasteiger partial charge is 0.479 e. The van der Waals surface area contributed by atoms with Crippen LogP contribution < -0.4 is 5.73 Å². The van der Waals surface area contributed by atoms with Crippen LogP contribution in [-0.4, -0.2) is 30.6 Å². The van der Waals surface area contributed by atoms with Crippen molar-refractivity contribution >= 4 is 15.8 Å². The molecule has 0 rings (SSSR count). The molecule has 0 aliphatic heterocycles. The molecule has 0 saturated heterocycles. The minimum atomic E-state index is -3.80. The number of hydrogen-bond donors (Lipinski definition) is 2. The van der Waals surface area contributed by atoms with Crippen LogP contribution in [0, 0.1) is 5.92 Å². The van der Waals surface area contributed by atoms with E-state index in [1.54, 1.807) is 6.92 Å². The second kappa shape index (κ2) is 3.63. The molecule has 0 heterocycles. The van der Waals surface area contributed by atoms with E-state index in [2.05, 4.69) is 0 Å². The van der Waals surface area contributed by atoms with Gasteiger partial charge in [-0.05, 0) is 5.92 Å². The molecule has 0 aromatic carbocycles. The average Bonchev–Trinajstić information content (AvgIpc) is 1.98. The van der Waals surface area contributed by atoms with Gasteiger partial charge in [0, 0.05) is 6.26 Å². The van der Waals surface area contributed by atoms with Crippen molar-refractivity contribution in [1.82, 2.24) is 0 Å². The van der Waals surface area contributed by atoms with Crippen molar-refractivity contribution in [3.05, 3.63) is 0 Å². The number of carbonyl (C=O) groups is 1. The zero-order chi connectivity index (χ0) is 10.9. The highest BCUT2D eigenvalue weighted by atomic mass is 32.2. The van der Waals surface area contributed by atoms with Crippen molar-refractivity contribution in [2.75, 3.05) is 6.26 Å². The lowest BCUT2D eigenvalue weighted by Gasteiger charge is -2.28. The summed E-state index contributed by atoms with van der Waals surface area (Å²) in [5.41, 5.74) is 5.38. The van der Waals surface area contributed by atoms with Crippen molar-refractivity contribution in [2.24, 2.45) is 11.7 Å². The first-order valence-corrected chi connectivity index (χ1v) is 5.78. The van der Waals surface area contributed by atoms with Crippen molar-refractivity contribution < 1.29 is 18.3 Å². The highest BCUT2D eigenvalue weighted by Gasteiger charge is 2.48. The number of carboxylic acid groups (broad SMARTS) is 1. The van der Waals surface area contributed by atoms with Gasteiger partial charge in [0.2, 0.25) is 4.87 Å². The van der Waals surface area contributed by atoms with E-state index in [0.29, 0.717) is 6.42 Å². The average molecular weight is 209 g/mol. The molecule has 13 heavy (non-hydrogen) atoms. The molecule has 0 aliphatic carbocycles. The molecule has 6 heteroatoms. The minimum absolute atomic E-state index is 0.399. The number of sulfone groups is 1. The molecule has 0 aliphatic rings. The number of rotatable bonds is 4. The summed E-state index contributed by atoms with van der Waals surface area (Å²) in [6.07, 6.45) is 1.24. The van der Waals surface area contributed by atoms with Gasteiger partial charge in [-0.15, -0.1) is 0 Å². The van der Waals surface area contributed by atoms with Crippen LogP contribution in [0.1, 0.15) is 20.3 Å².